The molecule has 0 aliphatic heterocycles. The smallest absolute Gasteiger partial charge is 0.261 e. The van der Waals surface area contributed by atoms with Gasteiger partial charge in [-0.25, -0.2) is 8.42 Å². The monoisotopic (exact) mass is 305 g/mol. The third kappa shape index (κ3) is 3.61. The van der Waals surface area contributed by atoms with E-state index in [0.717, 1.165) is 0 Å². The first-order valence-corrected chi connectivity index (χ1v) is 7.88. The molecule has 0 aliphatic rings. The lowest BCUT2D eigenvalue weighted by Gasteiger charge is -2.15. The summed E-state index contributed by atoms with van der Waals surface area (Å²) in [6.45, 7) is 4.96. The number of amides is 1. The Kier molecular flexibility index (Phi) is 4.81. The molecular weight excluding hydrogens is 290 g/mol. The van der Waals surface area contributed by atoms with Gasteiger partial charge in [0.05, 0.1) is 4.90 Å². The Bertz CT molecular complexity index is 611. The van der Waals surface area contributed by atoms with Crippen molar-refractivity contribution >= 4 is 25.6 Å². The van der Waals surface area contributed by atoms with E-state index >= 15 is 0 Å². The van der Waals surface area contributed by atoms with Crippen LogP contribution in [0.5, 0.6) is 5.75 Å². The first kappa shape index (κ1) is 15.8. The topological polar surface area (TPSA) is 72.5 Å². The largest absolute Gasteiger partial charge is 0.483 e. The Hall–Kier alpha value is -1.27. The van der Waals surface area contributed by atoms with Crippen LogP contribution in [0.3, 0.4) is 0 Å². The summed E-state index contributed by atoms with van der Waals surface area (Å²) in [4.78, 5) is 11.2. The lowest BCUT2D eigenvalue weighted by molar-refractivity contribution is -0.122. The van der Waals surface area contributed by atoms with Gasteiger partial charge in [0, 0.05) is 17.7 Å². The molecule has 0 saturated heterocycles. The van der Waals surface area contributed by atoms with Crippen molar-refractivity contribution in [3.05, 3.63) is 22.8 Å². The summed E-state index contributed by atoms with van der Waals surface area (Å²) in [5.41, 5.74) is 1.79. The zero-order valence-electron chi connectivity index (χ0n) is 11.2. The molecule has 1 aromatic carbocycles. The minimum atomic E-state index is -3.79. The summed E-state index contributed by atoms with van der Waals surface area (Å²) < 4.78 is 28.3. The maximum absolute atomic E-state index is 11.4. The van der Waals surface area contributed by atoms with Gasteiger partial charge in [0.15, 0.2) is 6.61 Å². The molecule has 1 rings (SSSR count). The molecule has 5 nitrogen and oxygen atoms in total. The molecular formula is C12H16ClNO4S. The molecule has 7 heteroatoms. The zero-order valence-corrected chi connectivity index (χ0v) is 12.8. The molecule has 1 N–H and O–H groups in total. The van der Waals surface area contributed by atoms with Crippen LogP contribution in [0.1, 0.15) is 16.7 Å². The van der Waals surface area contributed by atoms with Crippen LogP contribution >= 0.6 is 10.7 Å². The number of halogens is 1. The van der Waals surface area contributed by atoms with Gasteiger partial charge in [-0.1, -0.05) is 0 Å². The molecule has 0 heterocycles. The van der Waals surface area contributed by atoms with E-state index in [0.29, 0.717) is 22.4 Å². The second kappa shape index (κ2) is 5.79. The lowest BCUT2D eigenvalue weighted by atomic mass is 10.1. The highest BCUT2D eigenvalue weighted by atomic mass is 35.7. The number of hydrogen-bond acceptors (Lipinski definition) is 4. The lowest BCUT2D eigenvalue weighted by Crippen LogP contribution is -2.25. The minimum absolute atomic E-state index is 0.0662. The first-order chi connectivity index (χ1) is 8.68. The van der Waals surface area contributed by atoms with Gasteiger partial charge in [0.2, 0.25) is 0 Å². The average Bonchev–Trinajstić information content (AvgIpc) is 2.31. The van der Waals surface area contributed by atoms with Crippen molar-refractivity contribution in [3.8, 4) is 5.75 Å². The number of carbonyl (C=O) groups excluding carboxylic acids is 1. The van der Waals surface area contributed by atoms with Gasteiger partial charge < -0.3 is 10.1 Å². The molecule has 19 heavy (non-hydrogen) atoms. The third-order valence-electron chi connectivity index (χ3n) is 2.87. The van der Waals surface area contributed by atoms with Crippen LogP contribution in [0, 0.1) is 20.8 Å². The molecule has 0 spiro atoms. The van der Waals surface area contributed by atoms with E-state index in [1.165, 1.54) is 13.1 Å². The summed E-state index contributed by atoms with van der Waals surface area (Å²) in [6.07, 6.45) is 0. The Morgan fingerprint density at radius 3 is 2.37 bits per heavy atom. The van der Waals surface area contributed by atoms with Crippen LogP contribution in [0.15, 0.2) is 11.0 Å². The number of carbonyl (C=O) groups is 1. The SMILES string of the molecule is CNC(=O)COc1c(C)cc(S(=O)(=O)Cl)c(C)c1C. The maximum Gasteiger partial charge on any atom is 0.261 e. The normalized spacial score (nSPS) is 11.2. The fraction of sp³-hybridized carbons (Fsp3) is 0.417. The predicted octanol–water partition coefficient (Wildman–Crippen LogP) is 1.66. The van der Waals surface area contributed by atoms with Crippen molar-refractivity contribution in [2.75, 3.05) is 13.7 Å². The quantitative estimate of drug-likeness (QED) is 0.859. The Morgan fingerprint density at radius 1 is 1.32 bits per heavy atom. The van der Waals surface area contributed by atoms with Gasteiger partial charge in [-0.15, -0.1) is 0 Å². The Morgan fingerprint density at radius 2 is 1.89 bits per heavy atom. The highest BCUT2D eigenvalue weighted by Gasteiger charge is 2.19. The minimum Gasteiger partial charge on any atom is -0.483 e. The van der Waals surface area contributed by atoms with Crippen LogP contribution < -0.4 is 10.1 Å². The zero-order chi connectivity index (χ0) is 14.8. The van der Waals surface area contributed by atoms with Crippen molar-refractivity contribution in [2.45, 2.75) is 25.7 Å². The van der Waals surface area contributed by atoms with E-state index in [1.54, 1.807) is 20.8 Å². The molecule has 1 aromatic rings. The predicted molar refractivity (Wildman–Crippen MR) is 73.3 cm³/mol. The molecule has 106 valence electrons. The Balaban J connectivity index is 3.23. The van der Waals surface area contributed by atoms with Gasteiger partial charge in [-0.3, -0.25) is 4.79 Å². The summed E-state index contributed by atoms with van der Waals surface area (Å²) in [7, 11) is 3.10. The van der Waals surface area contributed by atoms with Crippen LogP contribution in [0.2, 0.25) is 0 Å². The van der Waals surface area contributed by atoms with Crippen molar-refractivity contribution in [1.29, 1.82) is 0 Å². The fourth-order valence-corrected chi connectivity index (χ4v) is 3.02. The van der Waals surface area contributed by atoms with E-state index in [9.17, 15) is 13.2 Å². The third-order valence-corrected chi connectivity index (χ3v) is 4.32. The van der Waals surface area contributed by atoms with Crippen molar-refractivity contribution in [1.82, 2.24) is 5.32 Å². The second-order valence-corrected chi connectivity index (χ2v) is 6.70. The van der Waals surface area contributed by atoms with Crippen LogP contribution in [0.25, 0.3) is 0 Å². The van der Waals surface area contributed by atoms with Crippen LogP contribution in [-0.2, 0) is 13.8 Å². The average molecular weight is 306 g/mol. The van der Waals surface area contributed by atoms with Crippen molar-refractivity contribution in [2.24, 2.45) is 0 Å². The van der Waals surface area contributed by atoms with Gasteiger partial charge >= 0.3 is 0 Å². The number of nitrogens with one attached hydrogen (secondary N) is 1. The van der Waals surface area contributed by atoms with Gasteiger partial charge in [-0.05, 0) is 43.5 Å². The summed E-state index contributed by atoms with van der Waals surface area (Å²) in [5, 5.41) is 2.44. The highest BCUT2D eigenvalue weighted by molar-refractivity contribution is 8.13. The van der Waals surface area contributed by atoms with Crippen LogP contribution in [-0.4, -0.2) is 28.0 Å². The van der Waals surface area contributed by atoms with Crippen molar-refractivity contribution < 1.29 is 17.9 Å². The summed E-state index contributed by atoms with van der Waals surface area (Å²) in [5.74, 6) is 0.246. The molecule has 0 unspecified atom stereocenters. The number of aryl methyl sites for hydroxylation is 1. The number of likely N-dealkylation sites (N-methyl/N-ethyl adjacent to an activating group) is 1. The second-order valence-electron chi connectivity index (χ2n) is 4.17. The van der Waals surface area contributed by atoms with E-state index in [1.807, 2.05) is 0 Å². The molecule has 1 amide bonds. The standard InChI is InChI=1S/C12H16ClNO4S/c1-7-5-10(19(13,16)17)8(2)9(3)12(7)18-6-11(15)14-4/h5H,6H2,1-4H3,(H,14,15). The fourth-order valence-electron chi connectivity index (χ4n) is 1.71. The van der Waals surface area contributed by atoms with Gasteiger partial charge in [0.1, 0.15) is 5.75 Å². The molecule has 0 saturated carbocycles. The molecule has 0 aliphatic carbocycles. The van der Waals surface area contributed by atoms with Gasteiger partial charge in [0.25, 0.3) is 15.0 Å². The number of hydrogen-bond donors (Lipinski definition) is 1. The first-order valence-electron chi connectivity index (χ1n) is 5.57. The van der Waals surface area contributed by atoms with E-state index in [4.69, 9.17) is 15.4 Å². The molecule has 0 atom stereocenters. The Labute approximate surface area is 117 Å². The van der Waals surface area contributed by atoms with E-state index < -0.39 is 9.05 Å². The molecule has 0 fully saturated rings. The van der Waals surface area contributed by atoms with Crippen LogP contribution in [0.4, 0.5) is 0 Å². The highest BCUT2D eigenvalue weighted by Crippen LogP contribution is 2.32. The van der Waals surface area contributed by atoms with Crippen molar-refractivity contribution in [3.63, 3.8) is 0 Å². The number of rotatable bonds is 4. The summed E-state index contributed by atoms with van der Waals surface area (Å²) >= 11 is 0. The maximum atomic E-state index is 11.4. The van der Waals surface area contributed by atoms with E-state index in [-0.39, 0.29) is 17.4 Å². The summed E-state index contributed by atoms with van der Waals surface area (Å²) in [6, 6.07) is 1.45. The number of ether oxygens (including phenoxy) is 1. The molecule has 0 aromatic heterocycles. The molecule has 0 bridgehead atoms. The number of benzene rings is 1. The molecule has 0 radical (unpaired) electrons. The van der Waals surface area contributed by atoms with E-state index in [2.05, 4.69) is 5.32 Å². The van der Waals surface area contributed by atoms with Gasteiger partial charge in [-0.2, -0.15) is 0 Å².